The number of nitrogens with two attached hydrogens (primary N) is 1. The third-order valence-electron chi connectivity index (χ3n) is 3.62. The van der Waals surface area contributed by atoms with Crippen molar-refractivity contribution in [1.82, 2.24) is 4.90 Å². The Kier molecular flexibility index (Phi) is 5.47. The van der Waals surface area contributed by atoms with E-state index < -0.39 is 0 Å². The number of thiocarbonyl (C=S) groups is 1. The van der Waals surface area contributed by atoms with Crippen molar-refractivity contribution in [1.29, 1.82) is 0 Å². The van der Waals surface area contributed by atoms with E-state index in [4.69, 9.17) is 18.0 Å². The summed E-state index contributed by atoms with van der Waals surface area (Å²) >= 11 is 7.01. The molecule has 2 rings (SSSR count). The van der Waals surface area contributed by atoms with Gasteiger partial charge in [-0.15, -0.1) is 11.8 Å². The van der Waals surface area contributed by atoms with Crippen LogP contribution in [0.5, 0.6) is 0 Å². The van der Waals surface area contributed by atoms with E-state index in [0.29, 0.717) is 4.99 Å². The first-order chi connectivity index (χ1) is 10.0. The van der Waals surface area contributed by atoms with Crippen molar-refractivity contribution in [2.24, 2.45) is 5.73 Å². The molecule has 1 aliphatic heterocycles. The molecule has 114 valence electrons. The quantitative estimate of drug-likeness (QED) is 0.679. The molecule has 1 aliphatic rings. The van der Waals surface area contributed by atoms with Crippen LogP contribution >= 0.6 is 24.0 Å². The summed E-state index contributed by atoms with van der Waals surface area (Å²) in [7, 11) is 0. The van der Waals surface area contributed by atoms with Crippen LogP contribution in [-0.4, -0.2) is 47.7 Å². The van der Waals surface area contributed by atoms with Crippen LogP contribution < -0.4 is 10.6 Å². The van der Waals surface area contributed by atoms with E-state index in [0.717, 1.165) is 48.1 Å². The zero-order chi connectivity index (χ0) is 15.4. The van der Waals surface area contributed by atoms with E-state index in [9.17, 15) is 4.79 Å². The molecule has 0 atom stereocenters. The molecule has 4 nitrogen and oxygen atoms in total. The fourth-order valence-corrected chi connectivity index (χ4v) is 3.69. The topological polar surface area (TPSA) is 49.6 Å². The molecular formula is C15H21N3OS2. The summed E-state index contributed by atoms with van der Waals surface area (Å²) in [5.41, 5.74) is 8.01. The van der Waals surface area contributed by atoms with E-state index in [1.165, 1.54) is 0 Å². The summed E-state index contributed by atoms with van der Waals surface area (Å²) in [4.78, 5) is 17.1. The minimum atomic E-state index is 0.138. The van der Waals surface area contributed by atoms with Gasteiger partial charge in [-0.1, -0.05) is 25.2 Å². The molecule has 21 heavy (non-hydrogen) atoms. The first kappa shape index (κ1) is 16.1. The number of nitrogens with zero attached hydrogens (tertiary/aromatic N) is 2. The van der Waals surface area contributed by atoms with Gasteiger partial charge in [-0.3, -0.25) is 4.79 Å². The highest BCUT2D eigenvalue weighted by Gasteiger charge is 2.22. The lowest BCUT2D eigenvalue weighted by atomic mass is 10.1. The van der Waals surface area contributed by atoms with Crippen LogP contribution in [-0.2, 0) is 4.79 Å². The van der Waals surface area contributed by atoms with Crippen LogP contribution in [0, 0.1) is 0 Å². The van der Waals surface area contributed by atoms with Gasteiger partial charge in [0.25, 0.3) is 0 Å². The monoisotopic (exact) mass is 323 g/mol. The molecule has 0 unspecified atom stereocenters. The predicted molar refractivity (Wildman–Crippen MR) is 93.2 cm³/mol. The number of piperazine rings is 1. The highest BCUT2D eigenvalue weighted by atomic mass is 32.2. The Morgan fingerprint density at radius 3 is 2.52 bits per heavy atom. The lowest BCUT2D eigenvalue weighted by Gasteiger charge is -2.36. The maximum Gasteiger partial charge on any atom is 0.219 e. The molecule has 1 saturated heterocycles. The molecule has 0 aliphatic carbocycles. The maximum atomic E-state index is 11.4. The van der Waals surface area contributed by atoms with E-state index in [-0.39, 0.29) is 5.91 Å². The maximum absolute atomic E-state index is 11.4. The zero-order valence-corrected chi connectivity index (χ0v) is 14.1. The van der Waals surface area contributed by atoms with Gasteiger partial charge in [0.05, 0.1) is 0 Å². The Morgan fingerprint density at radius 2 is 2.00 bits per heavy atom. The molecular weight excluding hydrogens is 302 g/mol. The summed E-state index contributed by atoms with van der Waals surface area (Å²) < 4.78 is 0. The van der Waals surface area contributed by atoms with Gasteiger partial charge in [0.1, 0.15) is 4.99 Å². The number of carbonyl (C=O) groups is 1. The summed E-state index contributed by atoms with van der Waals surface area (Å²) in [6.07, 6.45) is 0. The Bertz CT molecular complexity index is 540. The minimum Gasteiger partial charge on any atom is -0.389 e. The summed E-state index contributed by atoms with van der Waals surface area (Å²) in [5, 5.41) is 0. The molecule has 0 radical (unpaired) electrons. The molecule has 0 spiro atoms. The lowest BCUT2D eigenvalue weighted by molar-refractivity contribution is -0.129. The second-order valence-electron chi connectivity index (χ2n) is 4.94. The molecule has 1 amide bonds. The molecule has 1 aromatic carbocycles. The van der Waals surface area contributed by atoms with Gasteiger partial charge in [-0.05, 0) is 17.9 Å². The van der Waals surface area contributed by atoms with E-state index in [1.54, 1.807) is 18.7 Å². The van der Waals surface area contributed by atoms with Gasteiger partial charge < -0.3 is 15.5 Å². The van der Waals surface area contributed by atoms with Gasteiger partial charge in [-0.2, -0.15) is 0 Å². The zero-order valence-electron chi connectivity index (χ0n) is 12.5. The minimum absolute atomic E-state index is 0.138. The second-order valence-corrected chi connectivity index (χ2v) is 6.69. The summed E-state index contributed by atoms with van der Waals surface area (Å²) in [6.45, 7) is 6.86. The third kappa shape index (κ3) is 3.68. The van der Waals surface area contributed by atoms with Crippen LogP contribution in [0.4, 0.5) is 5.69 Å². The summed E-state index contributed by atoms with van der Waals surface area (Å²) in [6, 6.07) is 6.18. The molecule has 0 saturated carbocycles. The fraction of sp³-hybridized carbons (Fsp3) is 0.467. The molecule has 0 bridgehead atoms. The van der Waals surface area contributed by atoms with Gasteiger partial charge in [0.15, 0.2) is 0 Å². The molecule has 6 heteroatoms. The van der Waals surface area contributed by atoms with Crippen molar-refractivity contribution in [3.05, 3.63) is 23.8 Å². The number of benzene rings is 1. The van der Waals surface area contributed by atoms with Crippen molar-refractivity contribution in [2.75, 3.05) is 36.8 Å². The van der Waals surface area contributed by atoms with Crippen molar-refractivity contribution in [3.8, 4) is 0 Å². The van der Waals surface area contributed by atoms with Gasteiger partial charge in [0, 0.05) is 49.2 Å². The number of hydrogen-bond donors (Lipinski definition) is 1. The molecule has 1 fully saturated rings. The Morgan fingerprint density at radius 1 is 1.33 bits per heavy atom. The molecule has 1 heterocycles. The normalized spacial score (nSPS) is 15.1. The number of anilines is 1. The van der Waals surface area contributed by atoms with Crippen molar-refractivity contribution in [3.63, 3.8) is 0 Å². The Balaban J connectivity index is 2.26. The van der Waals surface area contributed by atoms with E-state index in [2.05, 4.69) is 24.0 Å². The van der Waals surface area contributed by atoms with Crippen LogP contribution in [0.15, 0.2) is 23.1 Å². The SMILES string of the molecule is CCSc1cccc(N2CCN(C(C)=O)CC2)c1C(N)=S. The van der Waals surface area contributed by atoms with Crippen molar-refractivity contribution < 1.29 is 4.79 Å². The number of amides is 1. The molecule has 2 N–H and O–H groups in total. The van der Waals surface area contributed by atoms with Crippen LogP contribution in [0.2, 0.25) is 0 Å². The fourth-order valence-electron chi connectivity index (χ4n) is 2.57. The van der Waals surface area contributed by atoms with Crippen LogP contribution in [0.3, 0.4) is 0 Å². The highest BCUT2D eigenvalue weighted by molar-refractivity contribution is 7.99. The standard InChI is InChI=1S/C15H21N3OS2/c1-3-21-13-6-4-5-12(14(13)15(16)20)18-9-7-17(8-10-18)11(2)19/h4-6H,3,7-10H2,1-2H3,(H2,16,20). The third-order valence-corrected chi connectivity index (χ3v) is 4.76. The number of thioether (sulfide) groups is 1. The van der Waals surface area contributed by atoms with Crippen molar-refractivity contribution >= 4 is 40.6 Å². The van der Waals surface area contributed by atoms with Gasteiger partial charge >= 0.3 is 0 Å². The Hall–Kier alpha value is -1.27. The van der Waals surface area contributed by atoms with Gasteiger partial charge in [-0.25, -0.2) is 0 Å². The molecule has 1 aromatic rings. The largest absolute Gasteiger partial charge is 0.389 e. The number of carbonyl (C=O) groups excluding carboxylic acids is 1. The predicted octanol–water partition coefficient (Wildman–Crippen LogP) is 2.10. The van der Waals surface area contributed by atoms with Crippen LogP contribution in [0.25, 0.3) is 0 Å². The first-order valence-electron chi connectivity index (χ1n) is 7.10. The van der Waals surface area contributed by atoms with Crippen molar-refractivity contribution in [2.45, 2.75) is 18.7 Å². The molecule has 0 aromatic heterocycles. The number of rotatable bonds is 4. The van der Waals surface area contributed by atoms with E-state index in [1.807, 2.05) is 11.0 Å². The van der Waals surface area contributed by atoms with E-state index >= 15 is 0 Å². The van der Waals surface area contributed by atoms with Gasteiger partial charge in [0.2, 0.25) is 5.91 Å². The number of hydrogen-bond acceptors (Lipinski definition) is 4. The lowest BCUT2D eigenvalue weighted by Crippen LogP contribution is -2.48. The average molecular weight is 323 g/mol. The smallest absolute Gasteiger partial charge is 0.219 e. The average Bonchev–Trinajstić information content (AvgIpc) is 2.47. The van der Waals surface area contributed by atoms with Crippen LogP contribution in [0.1, 0.15) is 19.4 Å². The Labute approximate surface area is 135 Å². The highest BCUT2D eigenvalue weighted by Crippen LogP contribution is 2.31. The summed E-state index contributed by atoms with van der Waals surface area (Å²) in [5.74, 6) is 1.12. The second kappa shape index (κ2) is 7.13. The first-order valence-corrected chi connectivity index (χ1v) is 8.50.